The van der Waals surface area contributed by atoms with Crippen LogP contribution in [0.4, 0.5) is 4.79 Å². The molecular weight excluding hydrogens is 280 g/mol. The molecule has 2 amide bonds. The van der Waals surface area contributed by atoms with Crippen LogP contribution in [-0.4, -0.2) is 41.6 Å². The predicted molar refractivity (Wildman–Crippen MR) is 85.6 cm³/mol. The highest BCUT2D eigenvalue weighted by atomic mass is 16.4. The Morgan fingerprint density at radius 1 is 1.27 bits per heavy atom. The van der Waals surface area contributed by atoms with Crippen molar-refractivity contribution in [1.29, 1.82) is 0 Å². The number of amides is 2. The number of urea groups is 1. The van der Waals surface area contributed by atoms with Crippen molar-refractivity contribution >= 4 is 12.0 Å². The maximum atomic E-state index is 12.4. The first kappa shape index (κ1) is 17.1. The van der Waals surface area contributed by atoms with E-state index in [1.54, 1.807) is 4.90 Å². The van der Waals surface area contributed by atoms with Gasteiger partial charge in [-0.15, -0.1) is 0 Å². The number of carboxylic acids is 1. The number of carboxylic acid groups (broad SMARTS) is 1. The molecule has 22 heavy (non-hydrogen) atoms. The molecule has 1 aliphatic carbocycles. The van der Waals surface area contributed by atoms with Crippen molar-refractivity contribution < 1.29 is 14.7 Å². The third-order valence-corrected chi connectivity index (χ3v) is 6.30. The summed E-state index contributed by atoms with van der Waals surface area (Å²) < 4.78 is 0. The number of fused-ring (bicyclic) bond motifs is 1. The van der Waals surface area contributed by atoms with E-state index >= 15 is 0 Å². The fourth-order valence-electron chi connectivity index (χ4n) is 3.47. The highest BCUT2D eigenvalue weighted by Gasteiger charge is 2.55. The molecule has 126 valence electrons. The minimum absolute atomic E-state index is 0.0251. The van der Waals surface area contributed by atoms with Gasteiger partial charge in [-0.3, -0.25) is 4.79 Å². The minimum atomic E-state index is -0.736. The molecule has 0 aromatic heterocycles. The Morgan fingerprint density at radius 3 is 2.41 bits per heavy atom. The van der Waals surface area contributed by atoms with Crippen LogP contribution in [0.2, 0.25) is 0 Å². The van der Waals surface area contributed by atoms with Crippen LogP contribution in [0.25, 0.3) is 0 Å². The van der Waals surface area contributed by atoms with Crippen molar-refractivity contribution in [2.24, 2.45) is 22.2 Å². The number of likely N-dealkylation sites (tertiary alicyclic amines) is 1. The molecule has 2 atom stereocenters. The molecule has 0 unspecified atom stereocenters. The van der Waals surface area contributed by atoms with E-state index in [-0.39, 0.29) is 22.8 Å². The summed E-state index contributed by atoms with van der Waals surface area (Å²) in [6, 6.07) is -0.118. The van der Waals surface area contributed by atoms with Gasteiger partial charge in [0.25, 0.3) is 0 Å². The SMILES string of the molecule is CC(C)(C)C(C)(C)CNC(=O)N1C[C@@H]2CCC[C@@]2(C(=O)O)C1. The molecular formula is C17H30N2O3. The van der Waals surface area contributed by atoms with E-state index in [1.807, 2.05) is 0 Å². The van der Waals surface area contributed by atoms with Crippen molar-refractivity contribution in [3.05, 3.63) is 0 Å². The van der Waals surface area contributed by atoms with Crippen molar-refractivity contribution in [1.82, 2.24) is 10.2 Å². The molecule has 1 saturated heterocycles. The standard InChI is InChI=1S/C17H30N2O3/c1-15(2,3)16(4,5)10-18-14(22)19-9-12-7-6-8-17(12,11-19)13(20)21/h12H,6-11H2,1-5H3,(H,18,22)(H,20,21)/t12-,17+/m0/s1. The summed E-state index contributed by atoms with van der Waals surface area (Å²) in [6.07, 6.45) is 2.58. The fourth-order valence-corrected chi connectivity index (χ4v) is 3.47. The lowest BCUT2D eigenvalue weighted by molar-refractivity contribution is -0.149. The van der Waals surface area contributed by atoms with Crippen LogP contribution in [0.3, 0.4) is 0 Å². The molecule has 0 radical (unpaired) electrons. The number of nitrogens with zero attached hydrogens (tertiary/aromatic N) is 1. The summed E-state index contributed by atoms with van der Waals surface area (Å²) >= 11 is 0. The first-order valence-corrected chi connectivity index (χ1v) is 8.26. The second kappa shape index (κ2) is 5.43. The van der Waals surface area contributed by atoms with Crippen molar-refractivity contribution in [3.8, 4) is 0 Å². The molecule has 2 fully saturated rings. The van der Waals surface area contributed by atoms with Crippen molar-refractivity contribution in [2.75, 3.05) is 19.6 Å². The summed E-state index contributed by atoms with van der Waals surface area (Å²) in [5, 5.41) is 12.6. The van der Waals surface area contributed by atoms with Gasteiger partial charge in [0.15, 0.2) is 0 Å². The van der Waals surface area contributed by atoms with Gasteiger partial charge in [-0.05, 0) is 29.6 Å². The number of carbonyl (C=O) groups is 2. The first-order valence-electron chi connectivity index (χ1n) is 8.26. The van der Waals surface area contributed by atoms with Crippen LogP contribution in [0.5, 0.6) is 0 Å². The number of hydrogen-bond acceptors (Lipinski definition) is 2. The number of rotatable bonds is 3. The van der Waals surface area contributed by atoms with Gasteiger partial charge in [0.1, 0.15) is 0 Å². The van der Waals surface area contributed by atoms with E-state index in [0.29, 0.717) is 26.1 Å². The highest BCUT2D eigenvalue weighted by Crippen LogP contribution is 2.48. The van der Waals surface area contributed by atoms with Crippen LogP contribution in [0, 0.1) is 22.2 Å². The van der Waals surface area contributed by atoms with Gasteiger partial charge in [0.05, 0.1) is 5.41 Å². The van der Waals surface area contributed by atoms with Gasteiger partial charge in [0, 0.05) is 19.6 Å². The van der Waals surface area contributed by atoms with Gasteiger partial charge in [-0.1, -0.05) is 41.0 Å². The summed E-state index contributed by atoms with van der Waals surface area (Å²) in [5.41, 5.74) is -0.635. The lowest BCUT2D eigenvalue weighted by Crippen LogP contribution is -2.47. The predicted octanol–water partition coefficient (Wildman–Crippen LogP) is 2.96. The van der Waals surface area contributed by atoms with Crippen molar-refractivity contribution in [3.63, 3.8) is 0 Å². The van der Waals surface area contributed by atoms with E-state index in [0.717, 1.165) is 12.8 Å². The summed E-state index contributed by atoms with van der Waals surface area (Å²) in [6.45, 7) is 12.3. The Labute approximate surface area is 133 Å². The van der Waals surface area contributed by atoms with Crippen LogP contribution in [0.15, 0.2) is 0 Å². The third kappa shape index (κ3) is 2.82. The first-order chi connectivity index (χ1) is 9.99. The summed E-state index contributed by atoms with van der Waals surface area (Å²) in [5.74, 6) is -0.619. The number of nitrogens with one attached hydrogen (secondary N) is 1. The maximum Gasteiger partial charge on any atom is 0.317 e. The monoisotopic (exact) mass is 310 g/mol. The molecule has 1 aliphatic heterocycles. The van der Waals surface area contributed by atoms with Crippen LogP contribution in [0.1, 0.15) is 53.9 Å². The minimum Gasteiger partial charge on any atom is -0.481 e. The summed E-state index contributed by atoms with van der Waals surface area (Å²) in [4.78, 5) is 25.8. The van der Waals surface area contributed by atoms with Crippen LogP contribution >= 0.6 is 0 Å². The molecule has 1 heterocycles. The van der Waals surface area contributed by atoms with Crippen molar-refractivity contribution in [2.45, 2.75) is 53.9 Å². The Kier molecular flexibility index (Phi) is 4.22. The van der Waals surface area contributed by atoms with Gasteiger partial charge in [-0.2, -0.15) is 0 Å². The molecule has 2 rings (SSSR count). The van der Waals surface area contributed by atoms with E-state index < -0.39 is 11.4 Å². The van der Waals surface area contributed by atoms with Gasteiger partial charge in [-0.25, -0.2) is 4.79 Å². The van der Waals surface area contributed by atoms with Crippen LogP contribution < -0.4 is 5.32 Å². The van der Waals surface area contributed by atoms with E-state index in [4.69, 9.17) is 0 Å². The molecule has 0 bridgehead atoms. The Morgan fingerprint density at radius 2 is 1.91 bits per heavy atom. The van der Waals surface area contributed by atoms with Gasteiger partial charge in [0.2, 0.25) is 0 Å². The molecule has 2 aliphatic rings. The van der Waals surface area contributed by atoms with Gasteiger partial charge >= 0.3 is 12.0 Å². The lowest BCUT2D eigenvalue weighted by atomic mass is 9.69. The molecule has 0 aromatic rings. The number of carbonyl (C=O) groups excluding carboxylic acids is 1. The maximum absolute atomic E-state index is 12.4. The molecule has 1 saturated carbocycles. The largest absolute Gasteiger partial charge is 0.481 e. The fraction of sp³-hybridized carbons (Fsp3) is 0.882. The zero-order valence-electron chi connectivity index (χ0n) is 14.5. The van der Waals surface area contributed by atoms with Gasteiger partial charge < -0.3 is 15.3 Å². The number of aliphatic carboxylic acids is 1. The molecule has 5 nitrogen and oxygen atoms in total. The lowest BCUT2D eigenvalue weighted by Gasteiger charge is -2.39. The Bertz CT molecular complexity index is 467. The second-order valence-corrected chi connectivity index (χ2v) is 8.72. The molecule has 0 spiro atoms. The average molecular weight is 310 g/mol. The average Bonchev–Trinajstić information content (AvgIpc) is 2.91. The smallest absolute Gasteiger partial charge is 0.317 e. The van der Waals surface area contributed by atoms with E-state index in [9.17, 15) is 14.7 Å². The molecule has 2 N–H and O–H groups in total. The highest BCUT2D eigenvalue weighted by molar-refractivity contribution is 5.80. The summed E-state index contributed by atoms with van der Waals surface area (Å²) in [7, 11) is 0. The molecule has 0 aromatic carbocycles. The normalized spacial score (nSPS) is 28.6. The van der Waals surface area contributed by atoms with E-state index in [1.165, 1.54) is 0 Å². The zero-order valence-corrected chi connectivity index (χ0v) is 14.5. The van der Waals surface area contributed by atoms with E-state index in [2.05, 4.69) is 39.9 Å². The second-order valence-electron chi connectivity index (χ2n) is 8.72. The zero-order chi connectivity index (χ0) is 16.8. The quantitative estimate of drug-likeness (QED) is 0.842. The molecule has 5 heteroatoms. The third-order valence-electron chi connectivity index (χ3n) is 6.30. The Hall–Kier alpha value is -1.26. The topological polar surface area (TPSA) is 69.6 Å². The van der Waals surface area contributed by atoms with Crippen LogP contribution in [-0.2, 0) is 4.79 Å². The number of hydrogen-bond donors (Lipinski definition) is 2. The Balaban J connectivity index is 1.97.